The van der Waals surface area contributed by atoms with Crippen LogP contribution in [0.5, 0.6) is 11.5 Å². The Hall–Kier alpha value is -3.34. The zero-order chi connectivity index (χ0) is 26.0. The van der Waals surface area contributed by atoms with E-state index < -0.39 is 45.8 Å². The number of nitrogens with one attached hydrogen (secondary N) is 1. The molecule has 11 heteroatoms. The van der Waals surface area contributed by atoms with Crippen LogP contribution in [-0.2, 0) is 26.2 Å². The molecule has 9 nitrogen and oxygen atoms in total. The fourth-order valence-corrected chi connectivity index (χ4v) is 4.36. The molecule has 2 aromatic rings. The van der Waals surface area contributed by atoms with Gasteiger partial charge in [0.05, 0.1) is 11.9 Å². The van der Waals surface area contributed by atoms with Crippen LogP contribution < -0.4 is 19.1 Å². The molecule has 1 N–H and O–H groups in total. The van der Waals surface area contributed by atoms with Gasteiger partial charge in [-0.1, -0.05) is 18.2 Å². The average molecular weight is 508 g/mol. The van der Waals surface area contributed by atoms with Crippen LogP contribution in [0.25, 0.3) is 0 Å². The van der Waals surface area contributed by atoms with Crippen LogP contribution in [-0.4, -0.2) is 56.3 Å². The summed E-state index contributed by atoms with van der Waals surface area (Å²) in [4.78, 5) is 27.6. The molecule has 1 atom stereocenters. The summed E-state index contributed by atoms with van der Waals surface area (Å²) < 4.78 is 51.2. The smallest absolute Gasteiger partial charge is 0.244 e. The standard InChI is InChI=1S/C24H30FN3O6S/c1-16(23(30)26-24(2,3)4)27(13-17-8-6-7-9-19(17)25)22(29)14-28(35(5,31)32)18-10-11-20-21(12-18)34-15-33-20/h6-12,16H,13-15H2,1-5H3,(H,26,30)/t16-/m1/s1. The predicted octanol–water partition coefficient (Wildman–Crippen LogP) is 2.65. The van der Waals surface area contributed by atoms with Gasteiger partial charge >= 0.3 is 0 Å². The second-order valence-corrected chi connectivity index (χ2v) is 11.2. The van der Waals surface area contributed by atoms with Crippen LogP contribution >= 0.6 is 0 Å². The first-order valence-corrected chi connectivity index (χ1v) is 12.8. The highest BCUT2D eigenvalue weighted by Gasteiger charge is 2.32. The molecule has 0 radical (unpaired) electrons. The van der Waals surface area contributed by atoms with Gasteiger partial charge in [0.15, 0.2) is 11.5 Å². The third-order valence-corrected chi connectivity index (χ3v) is 6.43. The summed E-state index contributed by atoms with van der Waals surface area (Å²) in [5.74, 6) is -0.847. The van der Waals surface area contributed by atoms with Gasteiger partial charge in [0, 0.05) is 23.7 Å². The van der Waals surface area contributed by atoms with Crippen LogP contribution in [0.15, 0.2) is 42.5 Å². The van der Waals surface area contributed by atoms with Gasteiger partial charge < -0.3 is 19.7 Å². The molecule has 1 heterocycles. The van der Waals surface area contributed by atoms with Gasteiger partial charge in [-0.3, -0.25) is 13.9 Å². The van der Waals surface area contributed by atoms with Crippen molar-refractivity contribution < 1.29 is 31.9 Å². The van der Waals surface area contributed by atoms with Crippen molar-refractivity contribution in [1.29, 1.82) is 0 Å². The molecule has 0 spiro atoms. The van der Waals surface area contributed by atoms with Crippen molar-refractivity contribution >= 4 is 27.5 Å². The summed E-state index contributed by atoms with van der Waals surface area (Å²) in [6, 6.07) is 9.42. The summed E-state index contributed by atoms with van der Waals surface area (Å²) in [5, 5.41) is 2.81. The second kappa shape index (κ2) is 10.1. The first kappa shape index (κ1) is 26.3. The molecule has 3 rings (SSSR count). The maximum absolute atomic E-state index is 14.4. The number of rotatable bonds is 8. The molecular weight excluding hydrogens is 477 g/mol. The lowest BCUT2D eigenvalue weighted by molar-refractivity contribution is -0.140. The zero-order valence-corrected chi connectivity index (χ0v) is 21.2. The van der Waals surface area contributed by atoms with E-state index in [0.29, 0.717) is 11.5 Å². The Balaban J connectivity index is 1.93. The van der Waals surface area contributed by atoms with Crippen LogP contribution in [0.3, 0.4) is 0 Å². The summed E-state index contributed by atoms with van der Waals surface area (Å²) in [6.45, 7) is 6.10. The molecule has 2 amide bonds. The Kier molecular flexibility index (Phi) is 7.59. The van der Waals surface area contributed by atoms with E-state index in [2.05, 4.69) is 5.32 Å². The second-order valence-electron chi connectivity index (χ2n) is 9.34. The molecule has 0 unspecified atom stereocenters. The Morgan fingerprint density at radius 3 is 2.40 bits per heavy atom. The molecule has 0 saturated heterocycles. The summed E-state index contributed by atoms with van der Waals surface area (Å²) in [7, 11) is -3.90. The van der Waals surface area contributed by atoms with Crippen LogP contribution in [0.2, 0.25) is 0 Å². The van der Waals surface area contributed by atoms with E-state index in [0.717, 1.165) is 10.6 Å². The van der Waals surface area contributed by atoms with Crippen molar-refractivity contribution in [3.05, 3.63) is 53.8 Å². The van der Waals surface area contributed by atoms with E-state index in [4.69, 9.17) is 9.47 Å². The minimum absolute atomic E-state index is 0.00735. The number of carbonyl (C=O) groups excluding carboxylic acids is 2. The van der Waals surface area contributed by atoms with Gasteiger partial charge in [0.2, 0.25) is 28.6 Å². The molecule has 0 aromatic heterocycles. The third-order valence-electron chi connectivity index (χ3n) is 5.29. The average Bonchev–Trinajstić information content (AvgIpc) is 3.22. The van der Waals surface area contributed by atoms with Gasteiger partial charge in [-0.15, -0.1) is 0 Å². The van der Waals surface area contributed by atoms with Crippen molar-refractivity contribution in [3.63, 3.8) is 0 Å². The van der Waals surface area contributed by atoms with E-state index >= 15 is 0 Å². The van der Waals surface area contributed by atoms with Gasteiger partial charge in [0.1, 0.15) is 18.4 Å². The lowest BCUT2D eigenvalue weighted by atomic mass is 10.1. The van der Waals surface area contributed by atoms with Gasteiger partial charge in [0.25, 0.3) is 0 Å². The number of amides is 2. The predicted molar refractivity (Wildman–Crippen MR) is 129 cm³/mol. The van der Waals surface area contributed by atoms with Gasteiger partial charge in [-0.2, -0.15) is 0 Å². The molecule has 0 aliphatic carbocycles. The van der Waals surface area contributed by atoms with Crippen molar-refractivity contribution in [2.45, 2.75) is 45.8 Å². The molecule has 0 bridgehead atoms. The fourth-order valence-electron chi connectivity index (χ4n) is 3.52. The van der Waals surface area contributed by atoms with Crippen molar-refractivity contribution in [2.75, 3.05) is 23.9 Å². The van der Waals surface area contributed by atoms with E-state index in [9.17, 15) is 22.4 Å². The number of anilines is 1. The van der Waals surface area contributed by atoms with Crippen molar-refractivity contribution in [2.24, 2.45) is 0 Å². The molecule has 35 heavy (non-hydrogen) atoms. The Labute approximate surface area is 204 Å². The number of fused-ring (bicyclic) bond motifs is 1. The number of hydrogen-bond acceptors (Lipinski definition) is 6. The van der Waals surface area contributed by atoms with E-state index in [1.165, 1.54) is 42.2 Å². The Morgan fingerprint density at radius 1 is 1.11 bits per heavy atom. The lowest BCUT2D eigenvalue weighted by Crippen LogP contribution is -2.54. The van der Waals surface area contributed by atoms with Crippen LogP contribution in [0.1, 0.15) is 33.3 Å². The first-order valence-electron chi connectivity index (χ1n) is 11.0. The maximum atomic E-state index is 14.4. The minimum Gasteiger partial charge on any atom is -0.454 e. The number of sulfonamides is 1. The summed E-state index contributed by atoms with van der Waals surface area (Å²) >= 11 is 0. The monoisotopic (exact) mass is 507 g/mol. The Bertz CT molecular complexity index is 1210. The highest BCUT2D eigenvalue weighted by atomic mass is 32.2. The molecule has 1 aliphatic heterocycles. The lowest BCUT2D eigenvalue weighted by Gasteiger charge is -2.33. The molecule has 0 fully saturated rings. The minimum atomic E-state index is -3.90. The van der Waals surface area contributed by atoms with Crippen molar-refractivity contribution in [3.8, 4) is 11.5 Å². The van der Waals surface area contributed by atoms with E-state index in [1.807, 2.05) is 0 Å². The van der Waals surface area contributed by atoms with Crippen molar-refractivity contribution in [1.82, 2.24) is 10.2 Å². The van der Waals surface area contributed by atoms with Gasteiger partial charge in [-0.25, -0.2) is 12.8 Å². The van der Waals surface area contributed by atoms with E-state index in [-0.39, 0.29) is 24.6 Å². The number of hydrogen-bond donors (Lipinski definition) is 1. The van der Waals surface area contributed by atoms with Gasteiger partial charge in [-0.05, 0) is 45.9 Å². The SMILES string of the molecule is C[C@H](C(=O)NC(C)(C)C)N(Cc1ccccc1F)C(=O)CN(c1ccc2c(c1)OCO2)S(C)(=O)=O. The quantitative estimate of drug-likeness (QED) is 0.589. The summed E-state index contributed by atoms with van der Waals surface area (Å²) in [6.07, 6.45) is 0.974. The topological polar surface area (TPSA) is 105 Å². The number of carbonyl (C=O) groups is 2. The number of ether oxygens (including phenoxy) is 2. The highest BCUT2D eigenvalue weighted by Crippen LogP contribution is 2.36. The summed E-state index contributed by atoms with van der Waals surface area (Å²) in [5.41, 5.74) is -0.170. The number of nitrogens with zero attached hydrogens (tertiary/aromatic N) is 2. The third kappa shape index (κ3) is 6.62. The molecule has 0 saturated carbocycles. The number of benzene rings is 2. The maximum Gasteiger partial charge on any atom is 0.244 e. The van der Waals surface area contributed by atoms with E-state index in [1.54, 1.807) is 32.9 Å². The first-order chi connectivity index (χ1) is 16.3. The largest absolute Gasteiger partial charge is 0.454 e. The molecule has 2 aromatic carbocycles. The zero-order valence-electron chi connectivity index (χ0n) is 20.4. The van der Waals surface area contributed by atoms with Crippen LogP contribution in [0.4, 0.5) is 10.1 Å². The number of halogens is 1. The Morgan fingerprint density at radius 2 is 1.77 bits per heavy atom. The van der Waals surface area contributed by atoms with Crippen LogP contribution in [0, 0.1) is 5.82 Å². The molecule has 190 valence electrons. The fraction of sp³-hybridized carbons (Fsp3) is 0.417. The highest BCUT2D eigenvalue weighted by molar-refractivity contribution is 7.92. The molecular formula is C24H30FN3O6S. The molecule has 1 aliphatic rings. The normalized spacial score (nSPS) is 13.8.